The summed E-state index contributed by atoms with van der Waals surface area (Å²) in [6.07, 6.45) is 1.65. The van der Waals surface area contributed by atoms with Gasteiger partial charge in [0.05, 0.1) is 18.8 Å². The van der Waals surface area contributed by atoms with Gasteiger partial charge < -0.3 is 15.1 Å². The first-order valence-corrected chi connectivity index (χ1v) is 6.41. The predicted octanol–water partition coefficient (Wildman–Crippen LogP) is 0.304. The highest BCUT2D eigenvalue weighted by Crippen LogP contribution is 2.08. The van der Waals surface area contributed by atoms with Crippen molar-refractivity contribution in [2.75, 3.05) is 18.1 Å². The first-order chi connectivity index (χ1) is 7.75. The molecule has 16 heavy (non-hydrogen) atoms. The van der Waals surface area contributed by atoms with Crippen LogP contribution in [0.2, 0.25) is 0 Å². The molecule has 1 aliphatic rings. The summed E-state index contributed by atoms with van der Waals surface area (Å²) in [5, 5.41) is 5.99. The molecule has 1 atom stereocenters. The van der Waals surface area contributed by atoms with Crippen LogP contribution in [0.5, 0.6) is 0 Å². The van der Waals surface area contributed by atoms with E-state index in [0.29, 0.717) is 12.4 Å². The molecule has 1 unspecified atom stereocenters. The number of nitrogens with zero attached hydrogens (tertiary/aromatic N) is 1. The average molecular weight is 241 g/mol. The number of aromatic nitrogens is 1. The molecular formula is C10H15N3O2S. The lowest BCUT2D eigenvalue weighted by Gasteiger charge is -2.21. The van der Waals surface area contributed by atoms with Gasteiger partial charge in [0.15, 0.2) is 0 Å². The lowest BCUT2D eigenvalue weighted by Crippen LogP contribution is -2.48. The number of carbonyl (C=O) groups excluding carboxylic acids is 1. The Morgan fingerprint density at radius 3 is 3.31 bits per heavy atom. The number of oxazole rings is 1. The highest BCUT2D eigenvalue weighted by atomic mass is 32.2. The van der Waals surface area contributed by atoms with Crippen molar-refractivity contribution in [1.29, 1.82) is 0 Å². The molecule has 0 saturated carbocycles. The molecule has 1 aliphatic heterocycles. The van der Waals surface area contributed by atoms with E-state index in [9.17, 15) is 4.79 Å². The maximum Gasteiger partial charge on any atom is 0.238 e. The molecule has 0 aromatic carbocycles. The van der Waals surface area contributed by atoms with E-state index in [1.807, 2.05) is 6.92 Å². The maximum absolute atomic E-state index is 11.7. The van der Waals surface area contributed by atoms with Gasteiger partial charge in [0.2, 0.25) is 11.8 Å². The van der Waals surface area contributed by atoms with Crippen LogP contribution in [0.15, 0.2) is 10.6 Å². The largest absolute Gasteiger partial charge is 0.444 e. The molecule has 2 heterocycles. The van der Waals surface area contributed by atoms with Gasteiger partial charge in [-0.15, -0.1) is 0 Å². The van der Waals surface area contributed by atoms with Crippen LogP contribution in [-0.4, -0.2) is 35.0 Å². The summed E-state index contributed by atoms with van der Waals surface area (Å²) < 4.78 is 5.27. The normalized spacial score (nSPS) is 20.7. The van der Waals surface area contributed by atoms with E-state index in [-0.39, 0.29) is 11.9 Å². The smallest absolute Gasteiger partial charge is 0.238 e. The number of carbonyl (C=O) groups is 1. The standard InChI is InChI=1S/C10H15N3O2S/c1-7-4-12-9(15-7)5-13-10(14)8-6-16-3-2-11-8/h4,8,11H,2-3,5-6H2,1H3,(H,13,14). The Kier molecular flexibility index (Phi) is 3.84. The molecule has 0 spiro atoms. The molecule has 88 valence electrons. The number of amides is 1. The minimum absolute atomic E-state index is 0.0167. The summed E-state index contributed by atoms with van der Waals surface area (Å²) in [5.74, 6) is 3.23. The molecule has 1 fully saturated rings. The van der Waals surface area contributed by atoms with Crippen LogP contribution in [0.4, 0.5) is 0 Å². The molecule has 1 saturated heterocycles. The van der Waals surface area contributed by atoms with Gasteiger partial charge in [-0.1, -0.05) is 0 Å². The minimum Gasteiger partial charge on any atom is -0.444 e. The van der Waals surface area contributed by atoms with Gasteiger partial charge >= 0.3 is 0 Å². The van der Waals surface area contributed by atoms with Crippen molar-refractivity contribution in [2.24, 2.45) is 0 Å². The number of aryl methyl sites for hydroxylation is 1. The summed E-state index contributed by atoms with van der Waals surface area (Å²) in [6.45, 7) is 3.08. The average Bonchev–Trinajstić information content (AvgIpc) is 2.73. The lowest BCUT2D eigenvalue weighted by atomic mass is 10.3. The maximum atomic E-state index is 11.7. The van der Waals surface area contributed by atoms with Crippen LogP contribution < -0.4 is 10.6 Å². The van der Waals surface area contributed by atoms with E-state index in [0.717, 1.165) is 23.8 Å². The Bertz CT molecular complexity index is 361. The van der Waals surface area contributed by atoms with Crippen LogP contribution in [0.25, 0.3) is 0 Å². The molecular weight excluding hydrogens is 226 g/mol. The SMILES string of the molecule is Cc1cnc(CNC(=O)C2CSCCN2)o1. The Balaban J connectivity index is 1.78. The zero-order chi connectivity index (χ0) is 11.4. The van der Waals surface area contributed by atoms with Crippen molar-refractivity contribution in [3.8, 4) is 0 Å². The third-order valence-corrected chi connectivity index (χ3v) is 3.38. The molecule has 1 aromatic heterocycles. The van der Waals surface area contributed by atoms with Gasteiger partial charge in [-0.25, -0.2) is 4.98 Å². The molecule has 1 amide bonds. The number of hydrogen-bond acceptors (Lipinski definition) is 5. The van der Waals surface area contributed by atoms with Crippen molar-refractivity contribution in [1.82, 2.24) is 15.6 Å². The molecule has 2 N–H and O–H groups in total. The van der Waals surface area contributed by atoms with E-state index < -0.39 is 0 Å². The quantitative estimate of drug-likeness (QED) is 0.797. The monoisotopic (exact) mass is 241 g/mol. The van der Waals surface area contributed by atoms with Gasteiger partial charge in [0.25, 0.3) is 0 Å². The van der Waals surface area contributed by atoms with E-state index in [1.54, 1.807) is 18.0 Å². The highest BCUT2D eigenvalue weighted by molar-refractivity contribution is 7.99. The Morgan fingerprint density at radius 1 is 1.81 bits per heavy atom. The minimum atomic E-state index is -0.0881. The molecule has 6 heteroatoms. The number of rotatable bonds is 3. The second-order valence-electron chi connectivity index (χ2n) is 3.66. The lowest BCUT2D eigenvalue weighted by molar-refractivity contribution is -0.122. The summed E-state index contributed by atoms with van der Waals surface area (Å²) in [5.41, 5.74) is 0. The van der Waals surface area contributed by atoms with Gasteiger partial charge in [-0.3, -0.25) is 4.79 Å². The third kappa shape index (κ3) is 2.99. The fraction of sp³-hybridized carbons (Fsp3) is 0.600. The second kappa shape index (κ2) is 5.36. The van der Waals surface area contributed by atoms with Crippen LogP contribution in [0.1, 0.15) is 11.7 Å². The van der Waals surface area contributed by atoms with Gasteiger partial charge in [-0.05, 0) is 6.92 Å². The Hall–Kier alpha value is -1.01. The van der Waals surface area contributed by atoms with Gasteiger partial charge in [-0.2, -0.15) is 11.8 Å². The van der Waals surface area contributed by atoms with Gasteiger partial charge in [0, 0.05) is 18.1 Å². The topological polar surface area (TPSA) is 67.2 Å². The van der Waals surface area contributed by atoms with Crippen molar-refractivity contribution >= 4 is 17.7 Å². The zero-order valence-corrected chi connectivity index (χ0v) is 9.97. The number of hydrogen-bond donors (Lipinski definition) is 2. The molecule has 2 rings (SSSR count). The molecule has 0 aliphatic carbocycles. The van der Waals surface area contributed by atoms with Crippen molar-refractivity contribution in [3.63, 3.8) is 0 Å². The number of nitrogens with one attached hydrogen (secondary N) is 2. The summed E-state index contributed by atoms with van der Waals surface area (Å²) in [4.78, 5) is 15.7. The molecule has 1 aromatic rings. The zero-order valence-electron chi connectivity index (χ0n) is 9.16. The molecule has 0 bridgehead atoms. The second-order valence-corrected chi connectivity index (χ2v) is 4.81. The van der Waals surface area contributed by atoms with E-state index >= 15 is 0 Å². The van der Waals surface area contributed by atoms with Crippen LogP contribution >= 0.6 is 11.8 Å². The molecule has 0 radical (unpaired) electrons. The highest BCUT2D eigenvalue weighted by Gasteiger charge is 2.20. The summed E-state index contributed by atoms with van der Waals surface area (Å²) >= 11 is 1.79. The van der Waals surface area contributed by atoms with Crippen LogP contribution in [0.3, 0.4) is 0 Å². The summed E-state index contributed by atoms with van der Waals surface area (Å²) in [6, 6.07) is -0.0881. The van der Waals surface area contributed by atoms with E-state index in [2.05, 4.69) is 15.6 Å². The first kappa shape index (κ1) is 11.5. The fourth-order valence-electron chi connectivity index (χ4n) is 1.50. The Labute approximate surface area is 98.4 Å². The summed E-state index contributed by atoms with van der Waals surface area (Å²) in [7, 11) is 0. The predicted molar refractivity (Wildman–Crippen MR) is 62.2 cm³/mol. The van der Waals surface area contributed by atoms with Crippen molar-refractivity contribution < 1.29 is 9.21 Å². The van der Waals surface area contributed by atoms with Crippen molar-refractivity contribution in [3.05, 3.63) is 17.8 Å². The van der Waals surface area contributed by atoms with E-state index in [1.165, 1.54) is 0 Å². The fourth-order valence-corrected chi connectivity index (χ4v) is 2.44. The third-order valence-electron chi connectivity index (χ3n) is 2.32. The van der Waals surface area contributed by atoms with E-state index in [4.69, 9.17) is 4.42 Å². The molecule has 5 nitrogen and oxygen atoms in total. The van der Waals surface area contributed by atoms with Crippen molar-refractivity contribution in [2.45, 2.75) is 19.5 Å². The van der Waals surface area contributed by atoms with Crippen LogP contribution in [-0.2, 0) is 11.3 Å². The first-order valence-electron chi connectivity index (χ1n) is 5.26. The van der Waals surface area contributed by atoms with Gasteiger partial charge in [0.1, 0.15) is 5.76 Å². The van der Waals surface area contributed by atoms with Crippen LogP contribution in [0, 0.1) is 6.92 Å². The Morgan fingerprint density at radius 2 is 2.69 bits per heavy atom. The number of thioether (sulfide) groups is 1.